The Kier molecular flexibility index (Phi) is 6.45. The monoisotopic (exact) mass is 376 g/mol. The number of esters is 1. The molecule has 1 aliphatic rings. The lowest BCUT2D eigenvalue weighted by Gasteiger charge is -2.16. The Morgan fingerprint density at radius 3 is 2.54 bits per heavy atom. The van der Waals surface area contributed by atoms with Crippen LogP contribution in [-0.2, 0) is 4.74 Å². The highest BCUT2D eigenvalue weighted by atomic mass is 16.5. The third-order valence-electron chi connectivity index (χ3n) is 5.33. The minimum atomic E-state index is -0.303. The molecule has 1 heterocycles. The van der Waals surface area contributed by atoms with Crippen molar-refractivity contribution in [2.24, 2.45) is 5.92 Å². The van der Waals surface area contributed by atoms with E-state index in [1.54, 1.807) is 0 Å². The first-order valence-corrected chi connectivity index (χ1v) is 10.2. The number of nitrogens with zero attached hydrogens (tertiary/aromatic N) is 1. The highest BCUT2D eigenvalue weighted by Crippen LogP contribution is 2.31. The van der Waals surface area contributed by atoms with E-state index in [0.717, 1.165) is 24.1 Å². The van der Waals surface area contributed by atoms with Crippen LogP contribution in [0.25, 0.3) is 5.57 Å². The van der Waals surface area contributed by atoms with E-state index in [1.165, 1.54) is 24.7 Å². The molecule has 0 bridgehead atoms. The summed E-state index contributed by atoms with van der Waals surface area (Å²) >= 11 is 0. The molecule has 1 aliphatic heterocycles. The van der Waals surface area contributed by atoms with Crippen LogP contribution in [0.5, 0.6) is 0 Å². The summed E-state index contributed by atoms with van der Waals surface area (Å²) in [6.07, 6.45) is 6.96. The Balaban J connectivity index is 2.22. The van der Waals surface area contributed by atoms with Gasteiger partial charge in [-0.15, -0.1) is 0 Å². The Bertz CT molecular complexity index is 894. The molecular weight excluding hydrogens is 346 g/mol. The van der Waals surface area contributed by atoms with Crippen LogP contribution in [0.4, 0.5) is 0 Å². The van der Waals surface area contributed by atoms with Gasteiger partial charge in [0.1, 0.15) is 6.54 Å². The van der Waals surface area contributed by atoms with Crippen LogP contribution in [0.2, 0.25) is 0 Å². The van der Waals surface area contributed by atoms with Crippen LogP contribution in [0.3, 0.4) is 0 Å². The van der Waals surface area contributed by atoms with Gasteiger partial charge in [0.25, 0.3) is 0 Å². The van der Waals surface area contributed by atoms with Gasteiger partial charge >= 0.3 is 5.97 Å². The summed E-state index contributed by atoms with van der Waals surface area (Å²) in [6.45, 7) is 7.79. The Hall–Kier alpha value is -2.68. The summed E-state index contributed by atoms with van der Waals surface area (Å²) in [5, 5.41) is 0. The van der Waals surface area contributed by atoms with Crippen molar-refractivity contribution in [3.05, 3.63) is 76.9 Å². The minimum absolute atomic E-state index is 0.302. The maximum absolute atomic E-state index is 12.1. The molecule has 3 rings (SSSR count). The first-order valence-electron chi connectivity index (χ1n) is 10.2. The third-order valence-corrected chi connectivity index (χ3v) is 5.33. The van der Waals surface area contributed by atoms with E-state index < -0.39 is 0 Å². The molecule has 1 unspecified atom stereocenters. The maximum atomic E-state index is 12.1. The van der Waals surface area contributed by atoms with Gasteiger partial charge < -0.3 is 4.74 Å². The van der Waals surface area contributed by atoms with Gasteiger partial charge in [0.2, 0.25) is 0 Å². The SMILES string of the molecule is CCCC[N+]1=Cc2ccc(C(=O)OC)cc2C(c2ccccc2)=CC1C(C)C. The molecule has 146 valence electrons. The summed E-state index contributed by atoms with van der Waals surface area (Å²) in [5.74, 6) is 0.170. The number of hydrogen-bond acceptors (Lipinski definition) is 2. The number of ether oxygens (including phenoxy) is 1. The number of methoxy groups -OCH3 is 1. The zero-order valence-electron chi connectivity index (χ0n) is 17.3. The maximum Gasteiger partial charge on any atom is 0.337 e. The molecular formula is C25H30NO2+. The minimum Gasteiger partial charge on any atom is -0.465 e. The number of fused-ring (bicyclic) bond motifs is 1. The van der Waals surface area contributed by atoms with Gasteiger partial charge in [-0.3, -0.25) is 0 Å². The highest BCUT2D eigenvalue weighted by molar-refractivity contribution is 5.97. The third kappa shape index (κ3) is 4.24. The second-order valence-electron chi connectivity index (χ2n) is 7.70. The summed E-state index contributed by atoms with van der Waals surface area (Å²) < 4.78 is 7.41. The van der Waals surface area contributed by atoms with Gasteiger partial charge in [-0.25, -0.2) is 9.37 Å². The molecule has 0 amide bonds. The highest BCUT2D eigenvalue weighted by Gasteiger charge is 2.28. The van der Waals surface area contributed by atoms with Crippen molar-refractivity contribution in [3.63, 3.8) is 0 Å². The van der Waals surface area contributed by atoms with E-state index in [4.69, 9.17) is 4.74 Å². The summed E-state index contributed by atoms with van der Waals surface area (Å²) in [6, 6.07) is 16.6. The lowest BCUT2D eigenvalue weighted by molar-refractivity contribution is -0.557. The van der Waals surface area contributed by atoms with Gasteiger partial charge in [-0.05, 0) is 41.0 Å². The summed E-state index contributed by atoms with van der Waals surface area (Å²) in [7, 11) is 1.43. The number of carbonyl (C=O) groups is 1. The molecule has 28 heavy (non-hydrogen) atoms. The standard InChI is InChI=1S/C25H30NO2/c1-5-6-14-26-17-21-13-12-20(25(27)28-4)15-22(21)23(16-24(26)18(2)3)19-10-8-7-9-11-19/h7-13,15-18,24H,5-6,14H2,1-4H3/q+1. The molecule has 2 aromatic carbocycles. The molecule has 0 saturated carbocycles. The van der Waals surface area contributed by atoms with Crippen molar-refractivity contribution in [2.45, 2.75) is 39.7 Å². The van der Waals surface area contributed by atoms with E-state index in [-0.39, 0.29) is 5.97 Å². The lowest BCUT2D eigenvalue weighted by atomic mass is 9.90. The Morgan fingerprint density at radius 1 is 1.14 bits per heavy atom. The smallest absolute Gasteiger partial charge is 0.337 e. The van der Waals surface area contributed by atoms with Gasteiger partial charge in [0.05, 0.1) is 12.7 Å². The summed E-state index contributed by atoms with van der Waals surface area (Å²) in [5.41, 5.74) is 5.15. The molecule has 1 atom stereocenters. The van der Waals surface area contributed by atoms with Crippen molar-refractivity contribution >= 4 is 17.8 Å². The van der Waals surface area contributed by atoms with E-state index in [9.17, 15) is 4.79 Å². The lowest BCUT2D eigenvalue weighted by Crippen LogP contribution is -2.31. The van der Waals surface area contributed by atoms with Crippen molar-refractivity contribution in [3.8, 4) is 0 Å². The van der Waals surface area contributed by atoms with Gasteiger partial charge in [-0.1, -0.05) is 57.5 Å². The van der Waals surface area contributed by atoms with E-state index in [0.29, 0.717) is 17.5 Å². The average molecular weight is 377 g/mol. The topological polar surface area (TPSA) is 29.3 Å². The molecule has 3 nitrogen and oxygen atoms in total. The largest absolute Gasteiger partial charge is 0.465 e. The zero-order chi connectivity index (χ0) is 20.1. The average Bonchev–Trinajstić information content (AvgIpc) is 2.88. The first-order chi connectivity index (χ1) is 13.5. The molecule has 0 aromatic heterocycles. The molecule has 0 N–H and O–H groups in total. The molecule has 0 radical (unpaired) electrons. The number of benzene rings is 2. The first kappa shape index (κ1) is 20.1. The quantitative estimate of drug-likeness (QED) is 0.514. The molecule has 0 fully saturated rings. The van der Waals surface area contributed by atoms with Crippen molar-refractivity contribution < 1.29 is 14.1 Å². The van der Waals surface area contributed by atoms with E-state index in [1.807, 2.05) is 24.3 Å². The summed E-state index contributed by atoms with van der Waals surface area (Å²) in [4.78, 5) is 12.1. The van der Waals surface area contributed by atoms with Crippen LogP contribution < -0.4 is 0 Å². The number of unbranched alkanes of at least 4 members (excludes halogenated alkanes) is 1. The van der Waals surface area contributed by atoms with Crippen molar-refractivity contribution in [1.82, 2.24) is 0 Å². The fraction of sp³-hybridized carbons (Fsp3) is 0.360. The normalized spacial score (nSPS) is 16.1. The van der Waals surface area contributed by atoms with Crippen LogP contribution in [0, 0.1) is 5.92 Å². The van der Waals surface area contributed by atoms with Crippen LogP contribution >= 0.6 is 0 Å². The van der Waals surface area contributed by atoms with E-state index in [2.05, 4.69) is 61.9 Å². The van der Waals surface area contributed by atoms with Gasteiger partial charge in [0.15, 0.2) is 12.3 Å². The van der Waals surface area contributed by atoms with Crippen LogP contribution in [-0.4, -0.2) is 36.5 Å². The fourth-order valence-corrected chi connectivity index (χ4v) is 3.77. The molecule has 2 aromatic rings. The predicted octanol–water partition coefficient (Wildman–Crippen LogP) is 5.17. The second-order valence-corrected chi connectivity index (χ2v) is 7.70. The van der Waals surface area contributed by atoms with Crippen molar-refractivity contribution in [2.75, 3.05) is 13.7 Å². The molecule has 0 aliphatic carbocycles. The Morgan fingerprint density at radius 2 is 1.89 bits per heavy atom. The molecule has 0 spiro atoms. The van der Waals surface area contributed by atoms with Gasteiger partial charge in [0, 0.05) is 17.9 Å². The van der Waals surface area contributed by atoms with Crippen molar-refractivity contribution in [1.29, 1.82) is 0 Å². The second kappa shape index (κ2) is 9.01. The number of hydrogen-bond donors (Lipinski definition) is 0. The molecule has 3 heteroatoms. The number of rotatable bonds is 6. The Labute approximate surface area is 168 Å². The zero-order valence-corrected chi connectivity index (χ0v) is 17.3. The fourth-order valence-electron chi connectivity index (χ4n) is 3.77. The van der Waals surface area contributed by atoms with Crippen LogP contribution in [0.1, 0.15) is 60.7 Å². The number of carbonyl (C=O) groups excluding carboxylic acids is 1. The molecule has 0 saturated heterocycles. The van der Waals surface area contributed by atoms with Gasteiger partial charge in [-0.2, -0.15) is 0 Å². The predicted molar refractivity (Wildman–Crippen MR) is 115 cm³/mol. The van der Waals surface area contributed by atoms with Crippen LogP contribution in [0.15, 0.2) is 54.6 Å². The van der Waals surface area contributed by atoms with E-state index >= 15 is 0 Å².